The van der Waals surface area contributed by atoms with Gasteiger partial charge in [0, 0.05) is 45.3 Å². The van der Waals surface area contributed by atoms with Crippen LogP contribution in [0.4, 0.5) is 34.1 Å². The van der Waals surface area contributed by atoms with E-state index in [0.717, 1.165) is 70.0 Å². The van der Waals surface area contributed by atoms with Crippen molar-refractivity contribution in [2.24, 2.45) is 0 Å². The summed E-state index contributed by atoms with van der Waals surface area (Å²) in [5, 5.41) is 0. The minimum Gasteiger partial charge on any atom is -0.310 e. The Morgan fingerprint density at radius 1 is 0.417 bits per heavy atom. The molecule has 3 heteroatoms. The molecule has 0 fully saturated rings. The van der Waals surface area contributed by atoms with Crippen LogP contribution in [0, 0.1) is 6.07 Å². The lowest BCUT2D eigenvalue weighted by atomic mass is 10.0. The van der Waals surface area contributed by atoms with Crippen molar-refractivity contribution in [1.82, 2.24) is 0 Å². The lowest BCUT2D eigenvalue weighted by Crippen LogP contribution is -2.12. The zero-order valence-electron chi connectivity index (χ0n) is 42.1. The van der Waals surface area contributed by atoms with Crippen LogP contribution >= 0.6 is 0 Å². The number of anilines is 6. The smallest absolute Gasteiger partial charge is 0.157 e. The van der Waals surface area contributed by atoms with Crippen LogP contribution in [0.3, 0.4) is 0 Å². The van der Waals surface area contributed by atoms with Crippen molar-refractivity contribution in [3.8, 4) is 0 Å². The van der Waals surface area contributed by atoms with E-state index in [0.29, 0.717) is 0 Å². The molecule has 1 atom stereocenters. The van der Waals surface area contributed by atoms with Crippen molar-refractivity contribution < 1.29 is 0 Å². The van der Waals surface area contributed by atoms with E-state index in [1.807, 2.05) is 6.07 Å². The molecule has 357 valence electrons. The minimum absolute atomic E-state index is 0.0695. The Kier molecular flexibility index (Phi) is 17.1. The van der Waals surface area contributed by atoms with E-state index >= 15 is 0 Å². The van der Waals surface area contributed by atoms with Gasteiger partial charge in [-0.15, -0.1) is 0 Å². The van der Waals surface area contributed by atoms with Gasteiger partial charge >= 0.3 is 0 Å². The molecule has 0 amide bonds. The van der Waals surface area contributed by atoms with Gasteiger partial charge in [0.15, 0.2) is 4.90 Å². The monoisotopic (exact) mass is 954 g/mol. The topological polar surface area (TPSA) is 6.48 Å². The number of hydrogen-bond acceptors (Lipinski definition) is 2. The van der Waals surface area contributed by atoms with Crippen molar-refractivity contribution in [3.05, 3.63) is 281 Å². The molecular formula is C69H66N2S+. The van der Waals surface area contributed by atoms with Crippen molar-refractivity contribution in [1.29, 1.82) is 0 Å². The molecule has 0 aromatic heterocycles. The van der Waals surface area contributed by atoms with Crippen molar-refractivity contribution in [2.45, 2.75) is 69.4 Å². The molecule has 9 rings (SSSR count). The first kappa shape index (κ1) is 49.4. The Morgan fingerprint density at radius 2 is 0.861 bits per heavy atom. The summed E-state index contributed by atoms with van der Waals surface area (Å²) in [6, 6.07) is 85.4. The summed E-state index contributed by atoms with van der Waals surface area (Å²) in [6.45, 7) is 4.51. The first-order valence-corrected chi connectivity index (χ1v) is 27.5. The normalized spacial score (nSPS) is 11.8. The zero-order valence-corrected chi connectivity index (χ0v) is 42.9. The molecule has 0 heterocycles. The van der Waals surface area contributed by atoms with Gasteiger partial charge in [-0.2, -0.15) is 0 Å². The Hall–Kier alpha value is -7.59. The van der Waals surface area contributed by atoms with E-state index in [1.54, 1.807) is 0 Å². The molecule has 0 N–H and O–H groups in total. The van der Waals surface area contributed by atoms with Gasteiger partial charge in [-0.05, 0) is 149 Å². The maximum Gasteiger partial charge on any atom is 0.157 e. The predicted molar refractivity (Wildman–Crippen MR) is 314 cm³/mol. The van der Waals surface area contributed by atoms with Crippen LogP contribution in [0.2, 0.25) is 0 Å². The molecule has 0 bridgehead atoms. The lowest BCUT2D eigenvalue weighted by molar-refractivity contribution is 0.795. The van der Waals surface area contributed by atoms with Gasteiger partial charge in [-0.25, -0.2) is 0 Å². The molecule has 0 aliphatic heterocycles. The molecule has 1 unspecified atom stereocenters. The van der Waals surface area contributed by atoms with Crippen LogP contribution < -0.4 is 9.80 Å². The Balaban J connectivity index is 0.889. The lowest BCUT2D eigenvalue weighted by Gasteiger charge is -2.28. The van der Waals surface area contributed by atoms with Crippen LogP contribution in [0.1, 0.15) is 89.6 Å². The summed E-state index contributed by atoms with van der Waals surface area (Å²) in [7, 11) is 0.0695. The average Bonchev–Trinajstić information content (AvgIpc) is 3.43. The SMILES string of the molecule is CCCCc1ccc(N(c2ccc(C=Cc3ccc(C=Cc4ccc(N(c5ccc(CCCC)cc5)c5c[c]ccc5Cc5ccccc5)cc4)cc3)cc2)c2cccc([S+](C)Cc3ccccc3)c2)cc1. The molecule has 0 aliphatic carbocycles. The molecule has 72 heavy (non-hydrogen) atoms. The van der Waals surface area contributed by atoms with E-state index in [2.05, 4.69) is 279 Å². The van der Waals surface area contributed by atoms with Crippen LogP contribution in [0.5, 0.6) is 0 Å². The van der Waals surface area contributed by atoms with Crippen molar-refractivity contribution >= 4 is 69.3 Å². The highest BCUT2D eigenvalue weighted by Crippen LogP contribution is 2.39. The maximum atomic E-state index is 3.39. The molecule has 1 radical (unpaired) electrons. The highest BCUT2D eigenvalue weighted by Gasteiger charge is 2.21. The first-order chi connectivity index (χ1) is 35.5. The highest BCUT2D eigenvalue weighted by molar-refractivity contribution is 7.95. The van der Waals surface area contributed by atoms with Gasteiger partial charge in [0.1, 0.15) is 12.0 Å². The van der Waals surface area contributed by atoms with Gasteiger partial charge < -0.3 is 9.80 Å². The fraction of sp³-hybridized carbons (Fsp3) is 0.159. The molecule has 0 aliphatic rings. The summed E-state index contributed by atoms with van der Waals surface area (Å²) in [5.41, 5.74) is 18.2. The largest absolute Gasteiger partial charge is 0.310 e. The third-order valence-corrected chi connectivity index (χ3v) is 15.1. The number of aryl methyl sites for hydroxylation is 2. The number of hydrogen-bond donors (Lipinski definition) is 0. The summed E-state index contributed by atoms with van der Waals surface area (Å²) in [4.78, 5) is 6.15. The Labute approximate surface area is 433 Å². The highest BCUT2D eigenvalue weighted by atomic mass is 32.2. The van der Waals surface area contributed by atoms with Crippen LogP contribution in [0.25, 0.3) is 24.3 Å². The predicted octanol–water partition coefficient (Wildman–Crippen LogP) is 18.9. The number of nitrogens with zero attached hydrogens (tertiary/aromatic N) is 2. The van der Waals surface area contributed by atoms with E-state index in [4.69, 9.17) is 0 Å². The third-order valence-electron chi connectivity index (χ3n) is 13.3. The fourth-order valence-electron chi connectivity index (χ4n) is 9.21. The molecule has 0 saturated carbocycles. The molecule has 9 aromatic rings. The zero-order chi connectivity index (χ0) is 49.3. The Morgan fingerprint density at radius 3 is 1.35 bits per heavy atom. The second-order valence-corrected chi connectivity index (χ2v) is 20.7. The van der Waals surface area contributed by atoms with E-state index < -0.39 is 0 Å². The van der Waals surface area contributed by atoms with Gasteiger partial charge in [-0.1, -0.05) is 203 Å². The number of rotatable bonds is 21. The maximum absolute atomic E-state index is 3.39. The summed E-state index contributed by atoms with van der Waals surface area (Å²) in [6.07, 6.45) is 19.0. The third kappa shape index (κ3) is 13.2. The molecular weight excluding hydrogens is 889 g/mol. The summed E-state index contributed by atoms with van der Waals surface area (Å²) >= 11 is 0. The van der Waals surface area contributed by atoms with Gasteiger partial charge in [0.2, 0.25) is 0 Å². The Bertz CT molecular complexity index is 3120. The second-order valence-electron chi connectivity index (χ2n) is 18.7. The summed E-state index contributed by atoms with van der Waals surface area (Å²) in [5.74, 6) is 1.03. The van der Waals surface area contributed by atoms with Crippen LogP contribution in [0.15, 0.2) is 229 Å². The van der Waals surface area contributed by atoms with Crippen molar-refractivity contribution in [2.75, 3.05) is 16.1 Å². The second kappa shape index (κ2) is 25.0. The summed E-state index contributed by atoms with van der Waals surface area (Å²) < 4.78 is 0. The molecule has 9 aromatic carbocycles. The van der Waals surface area contributed by atoms with Gasteiger partial charge in [0.25, 0.3) is 0 Å². The van der Waals surface area contributed by atoms with E-state index in [-0.39, 0.29) is 10.9 Å². The molecule has 0 spiro atoms. The van der Waals surface area contributed by atoms with Crippen LogP contribution in [-0.4, -0.2) is 6.26 Å². The standard InChI is InChI=1S/C69H66N2S/c1-4-6-17-54-35-43-63(44-36-54)70(67-24-16-25-68(52-67)72(3)53-61-21-12-9-13-22-61)64-45-39-58(40-46-64)33-31-56-27-29-57(30-28-56)32-34-59-41-49-66(50-42-59)71(65-47-37-55(38-48-65)18-7-5-2)69-26-15-14-23-62(69)51-60-19-10-8-11-20-60/h8-14,16,19-50,52H,4-7,17-18,51,53H2,1-3H3/q+1. The number of benzene rings is 9. The van der Waals surface area contributed by atoms with Gasteiger partial charge in [-0.3, -0.25) is 0 Å². The molecule has 0 saturated heterocycles. The molecule has 2 nitrogen and oxygen atoms in total. The average molecular weight is 955 g/mol. The first-order valence-electron chi connectivity index (χ1n) is 25.7. The van der Waals surface area contributed by atoms with E-state index in [1.165, 1.54) is 69.8 Å². The minimum atomic E-state index is 0.0695. The van der Waals surface area contributed by atoms with Gasteiger partial charge in [0.05, 0.1) is 11.4 Å². The van der Waals surface area contributed by atoms with Crippen molar-refractivity contribution in [3.63, 3.8) is 0 Å². The quantitative estimate of drug-likeness (QED) is 0.0523. The van der Waals surface area contributed by atoms with Crippen LogP contribution in [-0.2, 0) is 35.9 Å². The fourth-order valence-corrected chi connectivity index (χ4v) is 10.7. The van der Waals surface area contributed by atoms with E-state index in [9.17, 15) is 0 Å². The number of unbranched alkanes of at least 4 members (excludes halogenated alkanes) is 2.